The zero-order valence-electron chi connectivity index (χ0n) is 22.0. The number of hydrogen-bond donors (Lipinski definition) is 2. The molecule has 0 spiro atoms. The van der Waals surface area contributed by atoms with Gasteiger partial charge in [0.15, 0.2) is 0 Å². The first-order chi connectivity index (χ1) is 18.3. The van der Waals surface area contributed by atoms with Gasteiger partial charge in [0.1, 0.15) is 12.4 Å². The van der Waals surface area contributed by atoms with Gasteiger partial charge < -0.3 is 10.1 Å². The average Bonchev–Trinajstić information content (AvgIpc) is 2.93. The standard InChI is InChI=1S/C32H31N3O2S/c1-21(24-13-18-30-28(19-24)33-27-7-5-6-8-29(27)38-30)34-35-31(36)23-11-9-22(10-12-23)20-37-26-16-14-25(15-17-26)32(2,3)4/h5-19,33H,20H2,1-4H3,(H,35,36)/b34-21-. The lowest BCUT2D eigenvalue weighted by Crippen LogP contribution is -2.19. The summed E-state index contributed by atoms with van der Waals surface area (Å²) in [6.07, 6.45) is 0. The molecule has 0 aliphatic carbocycles. The van der Waals surface area contributed by atoms with Crippen molar-refractivity contribution in [2.45, 2.75) is 49.5 Å². The van der Waals surface area contributed by atoms with Crippen molar-refractivity contribution in [1.82, 2.24) is 5.43 Å². The molecule has 1 amide bonds. The number of ether oxygens (including phenoxy) is 1. The number of carbonyl (C=O) groups excluding carboxylic acids is 1. The van der Waals surface area contributed by atoms with Crippen LogP contribution < -0.4 is 15.5 Å². The van der Waals surface area contributed by atoms with Crippen LogP contribution in [0.5, 0.6) is 5.75 Å². The minimum Gasteiger partial charge on any atom is -0.489 e. The molecule has 5 nitrogen and oxygen atoms in total. The van der Waals surface area contributed by atoms with Crippen LogP contribution in [-0.4, -0.2) is 11.6 Å². The van der Waals surface area contributed by atoms with Gasteiger partial charge in [0.05, 0.1) is 17.1 Å². The Morgan fingerprint density at radius 3 is 2.29 bits per heavy atom. The molecule has 0 radical (unpaired) electrons. The summed E-state index contributed by atoms with van der Waals surface area (Å²) in [6.45, 7) is 8.90. The van der Waals surface area contributed by atoms with Gasteiger partial charge in [-0.1, -0.05) is 75.0 Å². The van der Waals surface area contributed by atoms with Crippen LogP contribution in [0.1, 0.15) is 54.7 Å². The van der Waals surface area contributed by atoms with Crippen LogP contribution in [0.25, 0.3) is 0 Å². The van der Waals surface area contributed by atoms with Crippen molar-refractivity contribution in [2.24, 2.45) is 5.10 Å². The monoisotopic (exact) mass is 521 g/mol. The van der Waals surface area contributed by atoms with Crippen molar-refractivity contribution >= 4 is 34.8 Å². The minimum atomic E-state index is -0.254. The number of hydrazone groups is 1. The maximum absolute atomic E-state index is 12.7. The maximum atomic E-state index is 12.7. The lowest BCUT2D eigenvalue weighted by molar-refractivity contribution is 0.0954. The molecule has 6 heteroatoms. The second kappa shape index (κ2) is 10.8. The fourth-order valence-corrected chi connectivity index (χ4v) is 5.07. The Morgan fingerprint density at radius 1 is 0.868 bits per heavy atom. The highest BCUT2D eigenvalue weighted by Gasteiger charge is 2.16. The molecule has 1 aliphatic rings. The molecule has 0 atom stereocenters. The van der Waals surface area contributed by atoms with E-state index in [2.05, 4.69) is 73.0 Å². The largest absolute Gasteiger partial charge is 0.489 e. The van der Waals surface area contributed by atoms with Crippen LogP contribution in [0.15, 0.2) is 106 Å². The van der Waals surface area contributed by atoms with Crippen molar-refractivity contribution in [2.75, 3.05) is 5.32 Å². The highest BCUT2D eigenvalue weighted by Crippen LogP contribution is 2.44. The number of rotatable bonds is 6. The Bertz CT molecular complexity index is 1490. The molecule has 192 valence electrons. The van der Waals surface area contributed by atoms with Gasteiger partial charge in [-0.15, -0.1) is 0 Å². The van der Waals surface area contributed by atoms with Crippen molar-refractivity contribution in [1.29, 1.82) is 0 Å². The van der Waals surface area contributed by atoms with E-state index in [1.807, 2.05) is 49.4 Å². The quantitative estimate of drug-likeness (QED) is 0.176. The summed E-state index contributed by atoms with van der Waals surface area (Å²) in [5.74, 6) is 0.569. The van der Waals surface area contributed by atoms with Crippen molar-refractivity contribution < 1.29 is 9.53 Å². The second-order valence-electron chi connectivity index (χ2n) is 10.3. The van der Waals surface area contributed by atoms with Gasteiger partial charge in [-0.3, -0.25) is 4.79 Å². The number of nitrogens with one attached hydrogen (secondary N) is 2. The van der Waals surface area contributed by atoms with Crippen LogP contribution in [-0.2, 0) is 12.0 Å². The Kier molecular flexibility index (Phi) is 7.25. The second-order valence-corrected chi connectivity index (χ2v) is 11.4. The van der Waals surface area contributed by atoms with E-state index in [0.717, 1.165) is 38.9 Å². The van der Waals surface area contributed by atoms with E-state index in [-0.39, 0.29) is 11.3 Å². The summed E-state index contributed by atoms with van der Waals surface area (Å²) in [6, 6.07) is 30.0. The number of para-hydroxylation sites is 1. The molecule has 5 rings (SSSR count). The molecule has 0 fully saturated rings. The van der Waals surface area contributed by atoms with Gasteiger partial charge in [-0.25, -0.2) is 5.43 Å². The smallest absolute Gasteiger partial charge is 0.271 e. The summed E-state index contributed by atoms with van der Waals surface area (Å²) >= 11 is 1.74. The van der Waals surface area contributed by atoms with E-state index in [4.69, 9.17) is 4.74 Å². The zero-order chi connectivity index (χ0) is 26.7. The van der Waals surface area contributed by atoms with E-state index in [1.165, 1.54) is 10.5 Å². The number of fused-ring (bicyclic) bond motifs is 2. The van der Waals surface area contributed by atoms with Gasteiger partial charge in [0, 0.05) is 15.4 Å². The summed E-state index contributed by atoms with van der Waals surface area (Å²) < 4.78 is 5.92. The van der Waals surface area contributed by atoms with Gasteiger partial charge in [0.25, 0.3) is 5.91 Å². The van der Waals surface area contributed by atoms with Gasteiger partial charge in [0.2, 0.25) is 0 Å². The first kappa shape index (κ1) is 25.6. The van der Waals surface area contributed by atoms with Crippen LogP contribution in [0, 0.1) is 0 Å². The molecule has 4 aromatic carbocycles. The SMILES string of the molecule is C/C(=N/NC(=O)c1ccc(COc2ccc(C(C)(C)C)cc2)cc1)c1ccc2c(c1)Nc1ccccc1S2. The number of hydrogen-bond acceptors (Lipinski definition) is 5. The molecule has 0 bridgehead atoms. The van der Waals surface area contributed by atoms with Gasteiger partial charge in [-0.2, -0.15) is 5.10 Å². The van der Waals surface area contributed by atoms with E-state index in [0.29, 0.717) is 12.2 Å². The number of benzene rings is 4. The van der Waals surface area contributed by atoms with Crippen molar-refractivity contribution in [3.05, 3.63) is 113 Å². The third kappa shape index (κ3) is 5.92. The Morgan fingerprint density at radius 2 is 1.55 bits per heavy atom. The fourth-order valence-electron chi connectivity index (χ4n) is 4.10. The fraction of sp³-hybridized carbons (Fsp3) is 0.188. The number of amides is 1. The van der Waals surface area contributed by atoms with Crippen LogP contribution in [0.4, 0.5) is 11.4 Å². The number of nitrogens with zero attached hydrogens (tertiary/aromatic N) is 1. The van der Waals surface area contributed by atoms with Crippen LogP contribution in [0.2, 0.25) is 0 Å². The maximum Gasteiger partial charge on any atom is 0.271 e. The Balaban J connectivity index is 1.17. The highest BCUT2D eigenvalue weighted by molar-refractivity contribution is 7.99. The highest BCUT2D eigenvalue weighted by atomic mass is 32.2. The van der Waals surface area contributed by atoms with E-state index in [1.54, 1.807) is 23.9 Å². The van der Waals surface area contributed by atoms with Crippen molar-refractivity contribution in [3.8, 4) is 5.75 Å². The summed E-state index contributed by atoms with van der Waals surface area (Å²) in [5, 5.41) is 7.83. The van der Waals surface area contributed by atoms with Crippen molar-refractivity contribution in [3.63, 3.8) is 0 Å². The van der Waals surface area contributed by atoms with E-state index >= 15 is 0 Å². The molecule has 4 aromatic rings. The molecule has 0 saturated heterocycles. The van der Waals surface area contributed by atoms with Crippen LogP contribution >= 0.6 is 11.8 Å². The third-order valence-corrected chi connectivity index (χ3v) is 7.59. The molecule has 38 heavy (non-hydrogen) atoms. The summed E-state index contributed by atoms with van der Waals surface area (Å²) in [7, 11) is 0. The predicted molar refractivity (Wildman–Crippen MR) is 156 cm³/mol. The zero-order valence-corrected chi connectivity index (χ0v) is 22.9. The Labute approximate surface area is 228 Å². The molecule has 1 aliphatic heterocycles. The lowest BCUT2D eigenvalue weighted by Gasteiger charge is -2.21. The molecule has 2 N–H and O–H groups in total. The molecule has 0 unspecified atom stereocenters. The average molecular weight is 522 g/mol. The summed E-state index contributed by atoms with van der Waals surface area (Å²) in [4.78, 5) is 15.1. The molecular weight excluding hydrogens is 490 g/mol. The Hall–Kier alpha value is -4.03. The van der Waals surface area contributed by atoms with Crippen LogP contribution in [0.3, 0.4) is 0 Å². The number of anilines is 2. The lowest BCUT2D eigenvalue weighted by atomic mass is 9.87. The molecule has 0 aromatic heterocycles. The molecular formula is C32H31N3O2S. The molecule has 0 saturated carbocycles. The third-order valence-electron chi connectivity index (χ3n) is 6.44. The first-order valence-corrected chi connectivity index (χ1v) is 13.4. The minimum absolute atomic E-state index is 0.112. The van der Waals surface area contributed by atoms with E-state index in [9.17, 15) is 4.79 Å². The van der Waals surface area contributed by atoms with Gasteiger partial charge in [-0.05, 0) is 77.6 Å². The van der Waals surface area contributed by atoms with Gasteiger partial charge >= 0.3 is 0 Å². The predicted octanol–water partition coefficient (Wildman–Crippen LogP) is 7.93. The molecule has 1 heterocycles. The first-order valence-electron chi connectivity index (χ1n) is 12.6. The topological polar surface area (TPSA) is 62.7 Å². The number of carbonyl (C=O) groups is 1. The normalized spacial score (nSPS) is 12.7. The summed E-state index contributed by atoms with van der Waals surface area (Å²) in [5.41, 5.74) is 9.40. The van der Waals surface area contributed by atoms with E-state index < -0.39 is 0 Å².